The molecule has 1 aliphatic heterocycles. The molecular weight excluding hydrogens is 423 g/mol. The molecule has 0 bridgehead atoms. The quantitative estimate of drug-likeness (QED) is 0.405. The maximum absolute atomic E-state index is 13.7. The molecule has 0 radical (unpaired) electrons. The summed E-state index contributed by atoms with van der Waals surface area (Å²) in [4.78, 5) is 19.7. The number of nitrogens with zero attached hydrogens (tertiary/aromatic N) is 3. The lowest BCUT2D eigenvalue weighted by Crippen LogP contribution is -2.48. The third kappa shape index (κ3) is 3.37. The van der Waals surface area contributed by atoms with Gasteiger partial charge in [0.05, 0.1) is 12.1 Å². The van der Waals surface area contributed by atoms with Crippen molar-refractivity contribution in [2.45, 2.75) is 44.8 Å². The molecule has 2 unspecified atom stereocenters. The molecule has 0 N–H and O–H groups in total. The summed E-state index contributed by atoms with van der Waals surface area (Å²) in [6.45, 7) is 11.1. The summed E-state index contributed by atoms with van der Waals surface area (Å²) < 4.78 is 40.6. The van der Waals surface area contributed by atoms with Crippen molar-refractivity contribution in [3.05, 3.63) is 65.0 Å². The summed E-state index contributed by atoms with van der Waals surface area (Å²) in [7, 11) is 0. The minimum absolute atomic E-state index is 0.0308. The molecule has 4 nitrogen and oxygen atoms in total. The zero-order chi connectivity index (χ0) is 22.6. The number of amides is 1. The van der Waals surface area contributed by atoms with Crippen molar-refractivity contribution in [1.82, 2.24) is 0 Å². The number of rotatable bonds is 2. The van der Waals surface area contributed by atoms with Crippen LogP contribution in [0.5, 0.6) is 0 Å². The number of alkyl halides is 3. The van der Waals surface area contributed by atoms with Gasteiger partial charge in [-0.2, -0.15) is 13.2 Å². The van der Waals surface area contributed by atoms with E-state index in [1.807, 2.05) is 36.1 Å². The fourth-order valence-electron chi connectivity index (χ4n) is 4.60. The molecule has 1 spiro atoms. The number of hydrogen-bond donors (Lipinski definition) is 0. The Kier molecular flexibility index (Phi) is 5.05. The first-order valence-corrected chi connectivity index (χ1v) is 10.3. The van der Waals surface area contributed by atoms with Gasteiger partial charge in [0.1, 0.15) is 5.54 Å². The average molecular weight is 443 g/mol. The van der Waals surface area contributed by atoms with E-state index >= 15 is 0 Å². The second kappa shape index (κ2) is 7.34. The number of anilines is 2. The van der Waals surface area contributed by atoms with E-state index in [0.29, 0.717) is 12.8 Å². The number of carbonyl (C=O) groups excluding carboxylic acids is 1. The van der Waals surface area contributed by atoms with Gasteiger partial charge in [-0.15, -0.1) is 0 Å². The van der Waals surface area contributed by atoms with Crippen LogP contribution in [0.2, 0.25) is 0 Å². The number of hydrogen-bond acceptors (Lipinski definition) is 2. The maximum atomic E-state index is 13.7. The first kappa shape index (κ1) is 21.3. The molecule has 1 saturated carbocycles. The average Bonchev–Trinajstić information content (AvgIpc) is 3.20. The van der Waals surface area contributed by atoms with Gasteiger partial charge in [-0.1, -0.05) is 30.7 Å². The van der Waals surface area contributed by atoms with Crippen molar-refractivity contribution >= 4 is 40.3 Å². The van der Waals surface area contributed by atoms with E-state index in [1.165, 1.54) is 11.0 Å². The van der Waals surface area contributed by atoms with Crippen LogP contribution in [0.1, 0.15) is 37.3 Å². The van der Waals surface area contributed by atoms with Crippen molar-refractivity contribution in [1.29, 1.82) is 0 Å². The monoisotopic (exact) mass is 443 g/mol. The third-order valence-electron chi connectivity index (χ3n) is 6.11. The summed E-state index contributed by atoms with van der Waals surface area (Å²) in [6, 6.07) is 10.9. The lowest BCUT2D eigenvalue weighted by molar-refractivity contribution is -0.136. The Labute approximate surface area is 184 Å². The van der Waals surface area contributed by atoms with Crippen LogP contribution in [-0.4, -0.2) is 16.6 Å². The Morgan fingerprint density at radius 2 is 1.81 bits per heavy atom. The Balaban J connectivity index is 1.85. The molecule has 2 aromatic rings. The Morgan fingerprint density at radius 3 is 2.35 bits per heavy atom. The minimum Gasteiger partial charge on any atom is -0.303 e. The van der Waals surface area contributed by atoms with Crippen LogP contribution in [0.15, 0.2) is 42.5 Å². The van der Waals surface area contributed by atoms with Crippen molar-refractivity contribution in [2.75, 3.05) is 9.80 Å². The van der Waals surface area contributed by atoms with Crippen LogP contribution in [0.25, 0.3) is 4.85 Å². The van der Waals surface area contributed by atoms with Crippen molar-refractivity contribution in [3.63, 3.8) is 0 Å². The molecule has 1 heterocycles. The normalized spacial score (nSPS) is 23.7. The van der Waals surface area contributed by atoms with E-state index in [9.17, 15) is 18.0 Å². The summed E-state index contributed by atoms with van der Waals surface area (Å²) in [5, 5.41) is 0.159. The second-order valence-corrected chi connectivity index (χ2v) is 8.65. The number of aryl methyl sites for hydroxylation is 1. The lowest BCUT2D eigenvalue weighted by Gasteiger charge is -2.33. The SMILES string of the molecule is [C-]#[N+]c1ccc(N2C(=O)C3(CCC(C)C3)N(c3ccc(C)cc3)C2=S)cc1C(F)(F)F. The number of benzene rings is 2. The minimum atomic E-state index is -4.71. The molecule has 2 aliphatic rings. The van der Waals surface area contributed by atoms with Crippen LogP contribution < -0.4 is 9.80 Å². The van der Waals surface area contributed by atoms with E-state index < -0.39 is 23.0 Å². The smallest absolute Gasteiger partial charge is 0.303 e. The van der Waals surface area contributed by atoms with Crippen LogP contribution in [0.3, 0.4) is 0 Å². The molecule has 1 aliphatic carbocycles. The topological polar surface area (TPSA) is 27.9 Å². The molecule has 31 heavy (non-hydrogen) atoms. The highest BCUT2D eigenvalue weighted by Gasteiger charge is 2.59. The van der Waals surface area contributed by atoms with Gasteiger partial charge in [-0.3, -0.25) is 9.69 Å². The molecule has 1 amide bonds. The van der Waals surface area contributed by atoms with Gasteiger partial charge in [0, 0.05) is 11.4 Å². The maximum Gasteiger partial charge on any atom is 0.407 e. The van der Waals surface area contributed by atoms with Crippen LogP contribution in [0.4, 0.5) is 30.2 Å². The molecule has 1 saturated heterocycles. The number of carbonyl (C=O) groups is 1. The third-order valence-corrected chi connectivity index (χ3v) is 6.47. The summed E-state index contributed by atoms with van der Waals surface area (Å²) in [5.41, 5.74) is -0.664. The highest BCUT2D eigenvalue weighted by molar-refractivity contribution is 7.81. The fourth-order valence-corrected chi connectivity index (χ4v) is 5.07. The van der Waals surface area contributed by atoms with Crippen molar-refractivity contribution in [2.24, 2.45) is 5.92 Å². The zero-order valence-electron chi connectivity index (χ0n) is 17.0. The molecule has 2 aromatic carbocycles. The van der Waals surface area contributed by atoms with Gasteiger partial charge >= 0.3 is 6.18 Å². The van der Waals surface area contributed by atoms with Crippen molar-refractivity contribution in [3.8, 4) is 0 Å². The molecular formula is C23H20F3N3OS. The zero-order valence-corrected chi connectivity index (χ0v) is 17.8. The van der Waals surface area contributed by atoms with E-state index in [0.717, 1.165) is 29.8 Å². The molecule has 160 valence electrons. The summed E-state index contributed by atoms with van der Waals surface area (Å²) in [6.07, 6.45) is -2.74. The molecule has 0 aromatic heterocycles. The molecule has 4 rings (SSSR count). The van der Waals surface area contributed by atoms with Gasteiger partial charge < -0.3 is 4.90 Å². The first-order valence-electron chi connectivity index (χ1n) is 9.92. The number of thiocarbonyl (C=S) groups is 1. The predicted molar refractivity (Wildman–Crippen MR) is 117 cm³/mol. The van der Waals surface area contributed by atoms with Crippen LogP contribution >= 0.6 is 12.2 Å². The van der Waals surface area contributed by atoms with E-state index in [-0.39, 0.29) is 22.6 Å². The summed E-state index contributed by atoms with van der Waals surface area (Å²) in [5.74, 6) is -0.0269. The van der Waals surface area contributed by atoms with Crippen LogP contribution in [-0.2, 0) is 11.0 Å². The van der Waals surface area contributed by atoms with Gasteiger partial charge in [0.25, 0.3) is 5.91 Å². The van der Waals surface area contributed by atoms with E-state index in [2.05, 4.69) is 11.8 Å². The highest BCUT2D eigenvalue weighted by Crippen LogP contribution is 2.48. The Bertz CT molecular complexity index is 1110. The van der Waals surface area contributed by atoms with E-state index in [4.69, 9.17) is 18.8 Å². The largest absolute Gasteiger partial charge is 0.407 e. The molecule has 8 heteroatoms. The fraction of sp³-hybridized carbons (Fsp3) is 0.348. The predicted octanol–water partition coefficient (Wildman–Crippen LogP) is 6.26. The van der Waals surface area contributed by atoms with Gasteiger partial charge in [0.15, 0.2) is 10.8 Å². The number of halogens is 3. The van der Waals surface area contributed by atoms with Gasteiger partial charge in [-0.05, 0) is 68.6 Å². The van der Waals surface area contributed by atoms with Crippen LogP contribution in [0, 0.1) is 19.4 Å². The van der Waals surface area contributed by atoms with Gasteiger partial charge in [0.2, 0.25) is 0 Å². The first-order chi connectivity index (χ1) is 14.6. The van der Waals surface area contributed by atoms with Gasteiger partial charge in [-0.25, -0.2) is 4.85 Å². The Morgan fingerprint density at radius 1 is 1.16 bits per heavy atom. The Hall–Kier alpha value is -2.92. The second-order valence-electron chi connectivity index (χ2n) is 8.28. The van der Waals surface area contributed by atoms with Crippen molar-refractivity contribution < 1.29 is 18.0 Å². The highest BCUT2D eigenvalue weighted by atomic mass is 32.1. The summed E-state index contributed by atoms with van der Waals surface area (Å²) >= 11 is 5.67. The molecule has 2 fully saturated rings. The van der Waals surface area contributed by atoms with E-state index in [1.54, 1.807) is 0 Å². The molecule has 2 atom stereocenters. The lowest BCUT2D eigenvalue weighted by atomic mass is 9.93. The standard InChI is InChI=1S/C23H20F3N3OS/c1-14-4-6-16(7-5-14)29-21(31)28(20(30)22(29)11-10-15(2)13-22)17-8-9-19(27-3)18(12-17)23(24,25)26/h4-9,12,15H,10-11,13H2,1-2H3.